The summed E-state index contributed by atoms with van der Waals surface area (Å²) in [6.45, 7) is 2.81. The zero-order valence-corrected chi connectivity index (χ0v) is 10.6. The molecule has 6 heteroatoms. The predicted octanol–water partition coefficient (Wildman–Crippen LogP) is 1.05. The van der Waals surface area contributed by atoms with E-state index in [4.69, 9.17) is 14.9 Å². The van der Waals surface area contributed by atoms with Crippen LogP contribution in [0.2, 0.25) is 0 Å². The van der Waals surface area contributed by atoms with E-state index in [1.807, 2.05) is 6.07 Å². The van der Waals surface area contributed by atoms with E-state index in [1.165, 1.54) is 0 Å². The van der Waals surface area contributed by atoms with Gasteiger partial charge in [0.1, 0.15) is 10.9 Å². The highest BCUT2D eigenvalue weighted by molar-refractivity contribution is 5.97. The van der Waals surface area contributed by atoms with Crippen LogP contribution in [0.5, 0.6) is 0 Å². The van der Waals surface area contributed by atoms with Crippen LogP contribution in [-0.2, 0) is 9.53 Å². The van der Waals surface area contributed by atoms with Crippen molar-refractivity contribution in [1.82, 2.24) is 4.98 Å². The molecule has 1 saturated heterocycles. The molecule has 2 heterocycles. The number of carbonyl (C=O) groups is 1. The van der Waals surface area contributed by atoms with Gasteiger partial charge in [-0.25, -0.2) is 4.98 Å². The van der Waals surface area contributed by atoms with Crippen molar-refractivity contribution in [3.63, 3.8) is 0 Å². The molecule has 0 radical (unpaired) electrons. The first-order valence-electron chi connectivity index (χ1n) is 6.09. The summed E-state index contributed by atoms with van der Waals surface area (Å²) >= 11 is 0. The van der Waals surface area contributed by atoms with E-state index in [-0.39, 0.29) is 12.5 Å². The number of anilines is 1. The molecular weight excluding hydrogens is 246 g/mol. The average molecular weight is 261 g/mol. The van der Waals surface area contributed by atoms with Gasteiger partial charge >= 0.3 is 0 Å². The lowest BCUT2D eigenvalue weighted by atomic mass is 9.85. The highest BCUT2D eigenvalue weighted by Gasteiger charge is 2.44. The molecule has 1 aromatic carbocycles. The number of amides is 1. The number of ether oxygens (including phenoxy) is 1. The lowest BCUT2D eigenvalue weighted by Crippen LogP contribution is -2.56. The van der Waals surface area contributed by atoms with E-state index in [0.29, 0.717) is 30.4 Å². The molecule has 1 amide bonds. The first kappa shape index (κ1) is 12.1. The third-order valence-corrected chi connectivity index (χ3v) is 3.38. The van der Waals surface area contributed by atoms with Gasteiger partial charge in [0.25, 0.3) is 0 Å². The minimum Gasteiger partial charge on any atom is -0.441 e. The summed E-state index contributed by atoms with van der Waals surface area (Å²) in [6.07, 6.45) is 0. The minimum absolute atomic E-state index is 0.114. The first-order chi connectivity index (χ1) is 9.13. The van der Waals surface area contributed by atoms with Gasteiger partial charge in [-0.15, -0.1) is 0 Å². The Morgan fingerprint density at radius 3 is 2.95 bits per heavy atom. The largest absolute Gasteiger partial charge is 0.441 e. The van der Waals surface area contributed by atoms with E-state index in [9.17, 15) is 4.79 Å². The van der Waals surface area contributed by atoms with Gasteiger partial charge in [0.05, 0.1) is 13.2 Å². The maximum Gasteiger partial charge on any atom is 0.236 e. The number of hydrogen-bond acceptors (Lipinski definition) is 5. The minimum atomic E-state index is -0.591. The third-order valence-electron chi connectivity index (χ3n) is 3.38. The van der Waals surface area contributed by atoms with Gasteiger partial charge in [0.2, 0.25) is 5.91 Å². The van der Waals surface area contributed by atoms with Gasteiger partial charge in [0.15, 0.2) is 11.5 Å². The normalized spacial score (nSPS) is 17.2. The van der Waals surface area contributed by atoms with Crippen molar-refractivity contribution in [2.75, 3.05) is 25.1 Å². The number of aromatic nitrogens is 1. The van der Waals surface area contributed by atoms with Gasteiger partial charge in [-0.05, 0) is 12.1 Å². The fourth-order valence-electron chi connectivity index (χ4n) is 2.07. The summed E-state index contributed by atoms with van der Waals surface area (Å²) in [5.41, 5.74) is 7.16. The van der Waals surface area contributed by atoms with Gasteiger partial charge < -0.3 is 20.2 Å². The molecule has 100 valence electrons. The molecule has 3 rings (SSSR count). The zero-order chi connectivity index (χ0) is 13.5. The number of rotatable bonds is 3. The monoisotopic (exact) mass is 261 g/mol. The molecule has 0 unspecified atom stereocenters. The number of nitrogens with zero attached hydrogens (tertiary/aromatic N) is 1. The molecule has 0 bridgehead atoms. The quantitative estimate of drug-likeness (QED) is 0.861. The number of hydrogen-bond donors (Lipinski definition) is 2. The van der Waals surface area contributed by atoms with Crippen molar-refractivity contribution in [2.45, 2.75) is 6.92 Å². The Balaban J connectivity index is 1.82. The Morgan fingerprint density at radius 1 is 1.53 bits per heavy atom. The molecule has 1 aliphatic rings. The highest BCUT2D eigenvalue weighted by atomic mass is 16.5. The Bertz CT molecular complexity index is 626. The van der Waals surface area contributed by atoms with Crippen LogP contribution < -0.4 is 11.1 Å². The molecule has 0 atom stereocenters. The van der Waals surface area contributed by atoms with Crippen LogP contribution in [0.3, 0.4) is 0 Å². The van der Waals surface area contributed by atoms with Crippen LogP contribution in [0.1, 0.15) is 5.89 Å². The maximum absolute atomic E-state index is 12.2. The summed E-state index contributed by atoms with van der Waals surface area (Å²) in [5.74, 6) is 0.487. The number of oxazole rings is 1. The SMILES string of the molecule is Cc1nc2ccc(NC(=O)C3(CN)COC3)cc2o1. The second-order valence-electron chi connectivity index (χ2n) is 4.85. The number of carbonyl (C=O) groups excluding carboxylic acids is 1. The lowest BCUT2D eigenvalue weighted by molar-refractivity contribution is -0.153. The third kappa shape index (κ3) is 1.98. The van der Waals surface area contributed by atoms with Crippen LogP contribution in [0.15, 0.2) is 22.6 Å². The van der Waals surface area contributed by atoms with Gasteiger partial charge in [-0.1, -0.05) is 0 Å². The Kier molecular flexibility index (Phi) is 2.76. The van der Waals surface area contributed by atoms with Crippen LogP contribution in [0.4, 0.5) is 5.69 Å². The van der Waals surface area contributed by atoms with Gasteiger partial charge in [0, 0.05) is 25.2 Å². The fourth-order valence-corrected chi connectivity index (χ4v) is 2.07. The molecular formula is C13H15N3O3. The topological polar surface area (TPSA) is 90.4 Å². The van der Waals surface area contributed by atoms with Crippen molar-refractivity contribution in [3.05, 3.63) is 24.1 Å². The maximum atomic E-state index is 12.2. The van der Waals surface area contributed by atoms with Crippen LogP contribution in [0.25, 0.3) is 11.1 Å². The van der Waals surface area contributed by atoms with E-state index in [0.717, 1.165) is 5.52 Å². The molecule has 0 saturated carbocycles. The number of benzene rings is 1. The Labute approximate surface area is 109 Å². The molecule has 0 aliphatic carbocycles. The number of fused-ring (bicyclic) bond motifs is 1. The predicted molar refractivity (Wildman–Crippen MR) is 69.7 cm³/mol. The molecule has 1 aliphatic heterocycles. The van der Waals surface area contributed by atoms with E-state index in [2.05, 4.69) is 10.3 Å². The molecule has 19 heavy (non-hydrogen) atoms. The first-order valence-corrected chi connectivity index (χ1v) is 6.09. The van der Waals surface area contributed by atoms with Crippen LogP contribution in [0, 0.1) is 12.3 Å². The summed E-state index contributed by atoms with van der Waals surface area (Å²) in [6, 6.07) is 5.37. The standard InChI is InChI=1S/C13H15N3O3/c1-8-15-10-3-2-9(4-11(10)19-8)16-12(17)13(5-14)6-18-7-13/h2-4H,5-7,14H2,1H3,(H,16,17). The van der Waals surface area contributed by atoms with E-state index >= 15 is 0 Å². The number of aryl methyl sites for hydroxylation is 1. The second-order valence-corrected chi connectivity index (χ2v) is 4.85. The Hall–Kier alpha value is -1.92. The molecule has 6 nitrogen and oxygen atoms in total. The van der Waals surface area contributed by atoms with E-state index < -0.39 is 5.41 Å². The summed E-state index contributed by atoms with van der Waals surface area (Å²) in [4.78, 5) is 16.4. The van der Waals surface area contributed by atoms with Gasteiger partial charge in [-0.2, -0.15) is 0 Å². The molecule has 0 spiro atoms. The summed E-state index contributed by atoms with van der Waals surface area (Å²) < 4.78 is 10.5. The van der Waals surface area contributed by atoms with Crippen molar-refractivity contribution in [2.24, 2.45) is 11.1 Å². The molecule has 1 aromatic heterocycles. The highest BCUT2D eigenvalue weighted by Crippen LogP contribution is 2.28. The smallest absolute Gasteiger partial charge is 0.236 e. The van der Waals surface area contributed by atoms with Crippen molar-refractivity contribution < 1.29 is 13.9 Å². The van der Waals surface area contributed by atoms with Crippen molar-refractivity contribution in [3.8, 4) is 0 Å². The summed E-state index contributed by atoms with van der Waals surface area (Å²) in [5, 5.41) is 2.85. The Morgan fingerprint density at radius 2 is 2.32 bits per heavy atom. The van der Waals surface area contributed by atoms with Crippen molar-refractivity contribution >= 4 is 22.7 Å². The molecule has 3 N–H and O–H groups in total. The number of nitrogens with two attached hydrogens (primary N) is 1. The summed E-state index contributed by atoms with van der Waals surface area (Å²) in [7, 11) is 0. The molecule has 1 fully saturated rings. The van der Waals surface area contributed by atoms with Crippen LogP contribution in [-0.4, -0.2) is 30.6 Å². The van der Waals surface area contributed by atoms with Gasteiger partial charge in [-0.3, -0.25) is 4.79 Å². The van der Waals surface area contributed by atoms with E-state index in [1.54, 1.807) is 19.1 Å². The fraction of sp³-hybridized carbons (Fsp3) is 0.385. The second kappa shape index (κ2) is 4.32. The average Bonchev–Trinajstić information content (AvgIpc) is 2.67. The lowest BCUT2D eigenvalue weighted by Gasteiger charge is -2.38. The van der Waals surface area contributed by atoms with Crippen molar-refractivity contribution in [1.29, 1.82) is 0 Å². The molecule has 2 aromatic rings. The zero-order valence-electron chi connectivity index (χ0n) is 10.6. The van der Waals surface area contributed by atoms with Crippen LogP contribution >= 0.6 is 0 Å². The number of nitrogens with one attached hydrogen (secondary N) is 1.